The van der Waals surface area contributed by atoms with Gasteiger partial charge in [0.25, 0.3) is 0 Å². The normalized spacial score (nSPS) is 14.2. The van der Waals surface area contributed by atoms with Gasteiger partial charge in [0.15, 0.2) is 0 Å². The van der Waals surface area contributed by atoms with Crippen LogP contribution in [0.2, 0.25) is 0 Å². The van der Waals surface area contributed by atoms with E-state index in [4.69, 9.17) is 0 Å². The van der Waals surface area contributed by atoms with Crippen LogP contribution in [0.1, 0.15) is 35.8 Å². The van der Waals surface area contributed by atoms with Crippen molar-refractivity contribution in [2.75, 3.05) is 0 Å². The third kappa shape index (κ3) is 2.79. The van der Waals surface area contributed by atoms with E-state index >= 15 is 0 Å². The van der Waals surface area contributed by atoms with Gasteiger partial charge in [0.2, 0.25) is 5.91 Å². The number of aromatic nitrogens is 3. The van der Waals surface area contributed by atoms with Crippen molar-refractivity contribution in [1.29, 1.82) is 0 Å². The molecule has 6 heteroatoms. The second kappa shape index (κ2) is 5.78. The van der Waals surface area contributed by atoms with E-state index in [1.165, 1.54) is 25.0 Å². The zero-order valence-electron chi connectivity index (χ0n) is 13.5. The molecule has 5 nitrogen and oxygen atoms in total. The number of nitrogens with zero attached hydrogens (tertiary/aromatic N) is 2. The second-order valence-corrected chi connectivity index (χ2v) is 6.40. The molecule has 0 spiro atoms. The van der Waals surface area contributed by atoms with Crippen molar-refractivity contribution >= 4 is 16.8 Å². The number of amides is 1. The molecule has 1 amide bonds. The van der Waals surface area contributed by atoms with Gasteiger partial charge in [-0.05, 0) is 43.5 Å². The molecule has 2 heterocycles. The maximum atomic E-state index is 13.5. The highest BCUT2D eigenvalue weighted by Crippen LogP contribution is 2.35. The summed E-state index contributed by atoms with van der Waals surface area (Å²) in [4.78, 5) is 19.7. The highest BCUT2D eigenvalue weighted by molar-refractivity contribution is 5.90. The first-order valence-electron chi connectivity index (χ1n) is 8.16. The topological polar surface area (TPSA) is 62.7 Å². The number of rotatable bonds is 5. The van der Waals surface area contributed by atoms with Crippen molar-refractivity contribution in [1.82, 2.24) is 19.9 Å². The highest BCUT2D eigenvalue weighted by atomic mass is 19.1. The van der Waals surface area contributed by atoms with E-state index in [1.54, 1.807) is 12.3 Å². The molecule has 0 unspecified atom stereocenters. The third-order valence-electron chi connectivity index (χ3n) is 4.57. The Morgan fingerprint density at radius 1 is 1.46 bits per heavy atom. The van der Waals surface area contributed by atoms with Gasteiger partial charge in [-0.25, -0.2) is 9.37 Å². The largest absolute Gasteiger partial charge is 0.358 e. The second-order valence-electron chi connectivity index (χ2n) is 6.40. The molecule has 0 saturated heterocycles. The van der Waals surface area contributed by atoms with Crippen LogP contribution in [-0.2, 0) is 17.8 Å². The molecule has 1 saturated carbocycles. The molecule has 2 aromatic heterocycles. The highest BCUT2D eigenvalue weighted by Gasteiger charge is 2.25. The van der Waals surface area contributed by atoms with Gasteiger partial charge in [-0.1, -0.05) is 0 Å². The van der Waals surface area contributed by atoms with Crippen LogP contribution in [0.3, 0.4) is 0 Å². The molecule has 0 aliphatic heterocycles. The van der Waals surface area contributed by atoms with Crippen molar-refractivity contribution in [3.05, 3.63) is 53.5 Å². The Morgan fingerprint density at radius 3 is 3.08 bits per heavy atom. The average molecular weight is 326 g/mol. The number of H-pyrrole nitrogens is 1. The van der Waals surface area contributed by atoms with E-state index in [2.05, 4.69) is 19.9 Å². The lowest BCUT2D eigenvalue weighted by Crippen LogP contribution is -2.25. The maximum absolute atomic E-state index is 13.5. The summed E-state index contributed by atoms with van der Waals surface area (Å²) in [5.41, 5.74) is 3.61. The average Bonchev–Trinajstić information content (AvgIpc) is 3.22. The molecule has 124 valence electrons. The van der Waals surface area contributed by atoms with Crippen molar-refractivity contribution in [2.45, 2.75) is 38.8 Å². The van der Waals surface area contributed by atoms with Gasteiger partial charge >= 0.3 is 0 Å². The Hall–Kier alpha value is -2.63. The first-order chi connectivity index (χ1) is 11.6. The first kappa shape index (κ1) is 14.9. The standard InChI is InChI=1S/C18H19FN4O/c1-11-15(16-6-12(19)2-5-17(16)22-11)7-18(24)21-9-14-8-20-10-23(14)13-3-4-13/h2,5-6,8,10,13,22H,3-4,7,9H2,1H3,(H,21,24). The molecule has 0 radical (unpaired) electrons. The molecule has 3 aromatic rings. The SMILES string of the molecule is Cc1[nH]c2ccc(F)cc2c1CC(=O)NCc1cncn1C1CC1. The summed E-state index contributed by atoms with van der Waals surface area (Å²) >= 11 is 0. The summed E-state index contributed by atoms with van der Waals surface area (Å²) < 4.78 is 15.6. The van der Waals surface area contributed by atoms with E-state index in [1.807, 2.05) is 13.3 Å². The molecule has 1 aliphatic carbocycles. The number of carbonyl (C=O) groups is 1. The molecule has 1 fully saturated rings. The van der Waals surface area contributed by atoms with Crippen LogP contribution in [0.4, 0.5) is 4.39 Å². The molecule has 24 heavy (non-hydrogen) atoms. The van der Waals surface area contributed by atoms with Crippen LogP contribution in [0.15, 0.2) is 30.7 Å². The quantitative estimate of drug-likeness (QED) is 0.757. The Morgan fingerprint density at radius 2 is 2.29 bits per heavy atom. The number of halogens is 1. The van der Waals surface area contributed by atoms with Crippen LogP contribution < -0.4 is 5.32 Å². The summed E-state index contributed by atoms with van der Waals surface area (Å²) in [6.07, 6.45) is 6.21. The van der Waals surface area contributed by atoms with Crippen molar-refractivity contribution in [2.24, 2.45) is 0 Å². The lowest BCUT2D eigenvalue weighted by molar-refractivity contribution is -0.120. The molecule has 2 N–H and O–H groups in total. The minimum Gasteiger partial charge on any atom is -0.358 e. The molecule has 1 aliphatic rings. The Balaban J connectivity index is 1.47. The van der Waals surface area contributed by atoms with Gasteiger partial charge in [-0.2, -0.15) is 0 Å². The Bertz CT molecular complexity index is 907. The van der Waals surface area contributed by atoms with Crippen LogP contribution in [0.25, 0.3) is 10.9 Å². The van der Waals surface area contributed by atoms with E-state index < -0.39 is 0 Å². The molecule has 4 rings (SSSR count). The number of nitrogens with one attached hydrogen (secondary N) is 2. The van der Waals surface area contributed by atoms with Gasteiger partial charge in [0, 0.05) is 28.8 Å². The van der Waals surface area contributed by atoms with E-state index in [0.29, 0.717) is 12.6 Å². The fourth-order valence-electron chi connectivity index (χ4n) is 3.15. The monoisotopic (exact) mass is 326 g/mol. The fraction of sp³-hybridized carbons (Fsp3) is 0.333. The van der Waals surface area contributed by atoms with E-state index in [-0.39, 0.29) is 18.1 Å². The lowest BCUT2D eigenvalue weighted by Gasteiger charge is -2.08. The van der Waals surface area contributed by atoms with Crippen molar-refractivity contribution < 1.29 is 9.18 Å². The third-order valence-corrected chi connectivity index (χ3v) is 4.57. The van der Waals surface area contributed by atoms with Crippen molar-refractivity contribution in [3.63, 3.8) is 0 Å². The zero-order chi connectivity index (χ0) is 16.7. The zero-order valence-corrected chi connectivity index (χ0v) is 13.5. The Kier molecular flexibility index (Phi) is 3.59. The predicted octanol–water partition coefficient (Wildman–Crippen LogP) is 3.01. The number of aryl methyl sites for hydroxylation is 1. The Labute approximate surface area is 138 Å². The summed E-state index contributed by atoms with van der Waals surface area (Å²) in [6.45, 7) is 2.37. The van der Waals surface area contributed by atoms with Gasteiger partial charge < -0.3 is 14.9 Å². The minimum atomic E-state index is -0.295. The number of carbonyl (C=O) groups excluding carboxylic acids is 1. The van der Waals surface area contributed by atoms with Crippen LogP contribution in [-0.4, -0.2) is 20.4 Å². The molecular weight excluding hydrogens is 307 g/mol. The lowest BCUT2D eigenvalue weighted by atomic mass is 10.1. The van der Waals surface area contributed by atoms with Gasteiger partial charge in [0.05, 0.1) is 25.0 Å². The number of hydrogen-bond acceptors (Lipinski definition) is 2. The number of hydrogen-bond donors (Lipinski definition) is 2. The first-order valence-corrected chi connectivity index (χ1v) is 8.16. The fourth-order valence-corrected chi connectivity index (χ4v) is 3.15. The summed E-state index contributed by atoms with van der Waals surface area (Å²) in [6, 6.07) is 5.14. The summed E-state index contributed by atoms with van der Waals surface area (Å²) in [7, 11) is 0. The summed E-state index contributed by atoms with van der Waals surface area (Å²) in [5.74, 6) is -0.372. The molecule has 1 aromatic carbocycles. The van der Waals surface area contributed by atoms with Crippen LogP contribution in [0.5, 0.6) is 0 Å². The number of aromatic amines is 1. The molecular formula is C18H19FN4O. The van der Waals surface area contributed by atoms with Crippen LogP contribution >= 0.6 is 0 Å². The minimum absolute atomic E-state index is 0.0770. The number of fused-ring (bicyclic) bond motifs is 1. The number of benzene rings is 1. The van der Waals surface area contributed by atoms with E-state index in [0.717, 1.165) is 27.9 Å². The maximum Gasteiger partial charge on any atom is 0.224 e. The summed E-state index contributed by atoms with van der Waals surface area (Å²) in [5, 5.41) is 3.71. The van der Waals surface area contributed by atoms with Crippen LogP contribution in [0, 0.1) is 12.7 Å². The smallest absolute Gasteiger partial charge is 0.224 e. The molecule has 0 atom stereocenters. The van der Waals surface area contributed by atoms with Gasteiger partial charge in [-0.3, -0.25) is 4.79 Å². The number of imidazole rings is 1. The van der Waals surface area contributed by atoms with Crippen molar-refractivity contribution in [3.8, 4) is 0 Å². The predicted molar refractivity (Wildman–Crippen MR) is 89.0 cm³/mol. The van der Waals surface area contributed by atoms with Gasteiger partial charge in [0.1, 0.15) is 5.82 Å². The van der Waals surface area contributed by atoms with Gasteiger partial charge in [-0.15, -0.1) is 0 Å². The molecule has 0 bridgehead atoms. The van der Waals surface area contributed by atoms with E-state index in [9.17, 15) is 9.18 Å².